The number of ether oxygens (including phenoxy) is 3. The van der Waals surface area contributed by atoms with Crippen LogP contribution >= 0.6 is 22.9 Å². The van der Waals surface area contributed by atoms with E-state index in [1.54, 1.807) is 18.2 Å². The van der Waals surface area contributed by atoms with Crippen molar-refractivity contribution in [2.45, 2.75) is 122 Å². The first kappa shape index (κ1) is 49.8. The first-order chi connectivity index (χ1) is 32.1. The number of aromatic nitrogens is 2. The minimum atomic E-state index is -4.25. The lowest BCUT2D eigenvalue weighted by atomic mass is 9.85. The molecule has 21 heteroatoms. The zero-order valence-corrected chi connectivity index (χ0v) is 40.9. The van der Waals surface area contributed by atoms with Crippen LogP contribution in [0.2, 0.25) is 5.02 Å². The number of anilines is 1. The van der Waals surface area contributed by atoms with Crippen LogP contribution in [0.1, 0.15) is 80.1 Å². The second-order valence-electron chi connectivity index (χ2n) is 20.5. The third-order valence-corrected chi connectivity index (χ3v) is 15.0. The number of hydrogen-bond donors (Lipinski definition) is 4. The van der Waals surface area contributed by atoms with Gasteiger partial charge in [-0.05, 0) is 74.8 Å². The second kappa shape index (κ2) is 19.6. The van der Waals surface area contributed by atoms with E-state index in [1.807, 2.05) is 51.8 Å². The summed E-state index contributed by atoms with van der Waals surface area (Å²) in [6.45, 7) is 12.5. The first-order valence-electron chi connectivity index (χ1n) is 23.6. The molecule has 4 heterocycles. The maximum Gasteiger partial charge on any atom is 0.408 e. The van der Waals surface area contributed by atoms with Gasteiger partial charge in [-0.1, -0.05) is 45.7 Å². The Hall–Kier alpha value is -4.66. The highest BCUT2D eigenvalue weighted by Gasteiger charge is 2.61. The van der Waals surface area contributed by atoms with E-state index in [0.717, 1.165) is 19.3 Å². The SMILES string of the molecule is CC[C@@H]1CC1(NC(=O)[C@@H]1C[C@@H](Oc2cc(-c3csc(NC(C)C)n3)nc3c(Cl)c(OCCN4CCN(CC(F)(F)F)CC4)ccc23)CN1C(=O)[C@@H](NC(=O)O[C@@H]1C[C@@H]2C[C@@H]2C1)C(C)(C)C)C(=O)O. The molecule has 8 atom stereocenters. The van der Waals surface area contributed by atoms with Crippen molar-refractivity contribution in [3.05, 3.63) is 28.6 Å². The molecule has 3 saturated carbocycles. The van der Waals surface area contributed by atoms with Crippen LogP contribution < -0.4 is 25.4 Å². The molecule has 16 nitrogen and oxygen atoms in total. The summed E-state index contributed by atoms with van der Waals surface area (Å²) in [6.07, 6.45) is -2.45. The van der Waals surface area contributed by atoms with Gasteiger partial charge >= 0.3 is 18.2 Å². The number of nitrogens with zero attached hydrogens (tertiary/aromatic N) is 5. The van der Waals surface area contributed by atoms with E-state index in [-0.39, 0.29) is 49.1 Å². The molecular weight excluding hydrogens is 929 g/mol. The molecule has 1 aromatic carbocycles. The quantitative estimate of drug-likeness (QED) is 0.108. The molecule has 5 fully saturated rings. The molecule has 1 unspecified atom stereocenters. The molecule has 0 spiro atoms. The maximum atomic E-state index is 14.8. The van der Waals surface area contributed by atoms with Gasteiger partial charge in [0.15, 0.2) is 5.13 Å². The number of fused-ring (bicyclic) bond motifs is 2. The zero-order valence-electron chi connectivity index (χ0n) is 39.3. The van der Waals surface area contributed by atoms with Gasteiger partial charge < -0.3 is 40.2 Å². The molecule has 372 valence electrons. The summed E-state index contributed by atoms with van der Waals surface area (Å²) in [4.78, 5) is 69.6. The number of carbonyl (C=O) groups is 4. The second-order valence-corrected chi connectivity index (χ2v) is 21.7. The van der Waals surface area contributed by atoms with E-state index < -0.39 is 65.7 Å². The number of hydrogen-bond acceptors (Lipinski definition) is 13. The fourth-order valence-electron chi connectivity index (χ4n) is 9.98. The number of aliphatic carboxylic acids is 1. The minimum absolute atomic E-state index is 0.00603. The molecule has 68 heavy (non-hydrogen) atoms. The normalized spacial score (nSPS) is 26.6. The van der Waals surface area contributed by atoms with Crippen molar-refractivity contribution in [3.63, 3.8) is 0 Å². The van der Waals surface area contributed by atoms with Crippen LogP contribution in [-0.4, -0.2) is 148 Å². The van der Waals surface area contributed by atoms with Crippen molar-refractivity contribution < 1.29 is 51.7 Å². The highest BCUT2D eigenvalue weighted by molar-refractivity contribution is 7.14. The topological polar surface area (TPSA) is 188 Å². The molecule has 4 N–H and O–H groups in total. The standard InChI is InChI=1S/C47H62ClF3N8O8S/c1-7-28-21-46(28,42(62)63)56-40(60)34-19-30(22-59(34)41(61)39(45(4,5)6)55-44(64)67-29-17-26-16-27(26)18-29)66-36-20-32(33-23-68-43(54-33)52-25(2)3)53-38-31(36)8-9-35(37(38)48)65-15-14-57-10-12-58(13-11-57)24-47(49,50)51/h8-9,20,23,25-30,34,39H,7,10-19,21-22,24H2,1-6H3,(H,52,54)(H,55,64)(H,56,60)(H,62,63)/t26-,27+,28-,29+,30-,34+,39-,46?/m1/s1. The largest absolute Gasteiger partial charge is 0.491 e. The number of halogens is 4. The average Bonchev–Trinajstić information content (AvgIpc) is 3.93. The summed E-state index contributed by atoms with van der Waals surface area (Å²) in [7, 11) is 0. The molecule has 0 radical (unpaired) electrons. The number of pyridine rings is 1. The monoisotopic (exact) mass is 990 g/mol. The van der Waals surface area contributed by atoms with Crippen LogP contribution in [0.25, 0.3) is 22.3 Å². The van der Waals surface area contributed by atoms with Crippen LogP contribution in [0.4, 0.5) is 23.1 Å². The molecule has 3 aromatic rings. The minimum Gasteiger partial charge on any atom is -0.491 e. The van der Waals surface area contributed by atoms with Gasteiger partial charge in [0, 0.05) is 62.0 Å². The van der Waals surface area contributed by atoms with Crippen molar-refractivity contribution in [1.82, 2.24) is 35.3 Å². The average molecular weight is 992 g/mol. The third kappa shape index (κ3) is 11.3. The summed E-state index contributed by atoms with van der Waals surface area (Å²) in [5.74, 6) is -0.771. The third-order valence-electron chi connectivity index (χ3n) is 13.9. The van der Waals surface area contributed by atoms with Crippen molar-refractivity contribution in [2.75, 3.05) is 57.7 Å². The lowest BCUT2D eigenvalue weighted by molar-refractivity contribution is -0.149. The molecule has 2 saturated heterocycles. The van der Waals surface area contributed by atoms with Crippen LogP contribution in [0.3, 0.4) is 0 Å². The van der Waals surface area contributed by atoms with Gasteiger partial charge in [-0.15, -0.1) is 11.3 Å². The number of likely N-dealkylation sites (tertiary alicyclic amines) is 1. The van der Waals surface area contributed by atoms with Crippen LogP contribution in [-0.2, 0) is 19.1 Å². The smallest absolute Gasteiger partial charge is 0.408 e. The van der Waals surface area contributed by atoms with Crippen LogP contribution in [0.15, 0.2) is 23.6 Å². The Morgan fingerprint density at radius 2 is 1.68 bits per heavy atom. The summed E-state index contributed by atoms with van der Waals surface area (Å²) in [6, 6.07) is 3.01. The Labute approximate surface area is 403 Å². The number of carbonyl (C=O) groups excluding carboxylic acids is 3. The number of nitrogens with one attached hydrogen (secondary N) is 3. The number of carboxylic acids is 1. The highest BCUT2D eigenvalue weighted by atomic mass is 35.5. The molecule has 8 rings (SSSR count). The van der Waals surface area contributed by atoms with E-state index in [9.17, 15) is 37.5 Å². The fourth-order valence-corrected chi connectivity index (χ4v) is 11.1. The summed E-state index contributed by atoms with van der Waals surface area (Å²) in [5, 5.41) is 22.4. The number of carboxylic acid groups (broad SMARTS) is 1. The van der Waals surface area contributed by atoms with Gasteiger partial charge in [0.05, 0.1) is 24.3 Å². The maximum absolute atomic E-state index is 14.8. The molecule has 3 amide bonds. The Morgan fingerprint density at radius 3 is 2.31 bits per heavy atom. The van der Waals surface area contributed by atoms with Gasteiger partial charge in [0.25, 0.3) is 0 Å². The van der Waals surface area contributed by atoms with E-state index in [1.165, 1.54) is 21.1 Å². The van der Waals surface area contributed by atoms with Gasteiger partial charge in [0.1, 0.15) is 58.7 Å². The van der Waals surface area contributed by atoms with Gasteiger partial charge in [-0.25, -0.2) is 19.6 Å². The van der Waals surface area contributed by atoms with E-state index in [4.69, 9.17) is 35.8 Å². The summed E-state index contributed by atoms with van der Waals surface area (Å²) < 4.78 is 57.6. The van der Waals surface area contributed by atoms with Crippen molar-refractivity contribution in [3.8, 4) is 22.9 Å². The number of benzene rings is 1. The lowest BCUT2D eigenvalue weighted by Crippen LogP contribution is -2.59. The van der Waals surface area contributed by atoms with Gasteiger partial charge in [-0.3, -0.25) is 19.4 Å². The number of amides is 3. The predicted octanol–water partition coefficient (Wildman–Crippen LogP) is 7.05. The Morgan fingerprint density at radius 1 is 0.971 bits per heavy atom. The molecule has 5 aliphatic rings. The van der Waals surface area contributed by atoms with Crippen LogP contribution in [0.5, 0.6) is 11.5 Å². The Kier molecular flexibility index (Phi) is 14.4. The van der Waals surface area contributed by atoms with E-state index >= 15 is 0 Å². The van der Waals surface area contributed by atoms with Crippen molar-refractivity contribution in [1.29, 1.82) is 0 Å². The van der Waals surface area contributed by atoms with Gasteiger partial charge in [0.2, 0.25) is 11.8 Å². The highest BCUT2D eigenvalue weighted by Crippen LogP contribution is 2.52. The van der Waals surface area contributed by atoms with Crippen molar-refractivity contribution in [2.24, 2.45) is 23.2 Å². The zero-order chi connectivity index (χ0) is 48.9. The number of piperazine rings is 1. The molecule has 3 aliphatic carbocycles. The van der Waals surface area contributed by atoms with E-state index in [2.05, 4.69) is 16.0 Å². The van der Waals surface area contributed by atoms with E-state index in [0.29, 0.717) is 89.9 Å². The predicted molar refractivity (Wildman–Crippen MR) is 250 cm³/mol. The Bertz CT molecular complexity index is 2370. The number of alkyl halides is 3. The number of thiazole rings is 1. The fraction of sp³-hybridized carbons (Fsp3) is 0.660. The first-order valence-corrected chi connectivity index (χ1v) is 24.9. The lowest BCUT2D eigenvalue weighted by Gasteiger charge is -2.35. The molecule has 2 aromatic heterocycles. The summed E-state index contributed by atoms with van der Waals surface area (Å²) in [5.41, 5.74) is -0.986. The number of alkyl carbamates (subject to hydrolysis) is 1. The number of rotatable bonds is 17. The van der Waals surface area contributed by atoms with Gasteiger partial charge in [-0.2, -0.15) is 13.2 Å². The molecular formula is C47H62ClF3N8O8S. The van der Waals surface area contributed by atoms with Crippen LogP contribution in [0, 0.1) is 23.2 Å². The molecule has 2 aliphatic heterocycles. The Balaban J connectivity index is 1.06. The molecule has 0 bridgehead atoms. The summed E-state index contributed by atoms with van der Waals surface area (Å²) >= 11 is 8.49. The van der Waals surface area contributed by atoms with Crippen molar-refractivity contribution >= 4 is 62.8 Å².